The van der Waals surface area contributed by atoms with Gasteiger partial charge < -0.3 is 27.9 Å². The first-order valence-electron chi connectivity index (χ1n) is 27.2. The van der Waals surface area contributed by atoms with Crippen molar-refractivity contribution in [2.75, 3.05) is 47.5 Å². The Morgan fingerprint density at radius 1 is 0.429 bits per heavy atom. The summed E-state index contributed by atoms with van der Waals surface area (Å²) in [6.07, 6.45) is 50.2. The lowest BCUT2D eigenvalue weighted by molar-refractivity contribution is -0.870. The first kappa shape index (κ1) is 62.0. The van der Waals surface area contributed by atoms with E-state index in [4.69, 9.17) is 18.5 Å². The molecule has 0 heterocycles. The molecule has 2 unspecified atom stereocenters. The van der Waals surface area contributed by atoms with Crippen LogP contribution >= 0.6 is 7.82 Å². The van der Waals surface area contributed by atoms with E-state index in [1.165, 1.54) is 212 Å². The minimum Gasteiger partial charge on any atom is -0.756 e. The van der Waals surface area contributed by atoms with Crippen molar-refractivity contribution in [3.8, 4) is 0 Å². The SMILES string of the molecule is CCCCCCCCCCCCCCCCCCCCCCCCCCCCCCCC(=O)OC(COC(=O)CCCCCCCCCCCC)COP(=O)([O-])OCC[N+](C)(C)C. The molecular weight excluding hydrogens is 810 g/mol. The highest BCUT2D eigenvalue weighted by atomic mass is 31.2. The van der Waals surface area contributed by atoms with Crippen molar-refractivity contribution in [3.63, 3.8) is 0 Å². The molecule has 0 rings (SSSR count). The number of phosphoric ester groups is 1. The van der Waals surface area contributed by atoms with Crippen LogP contribution in [0.1, 0.15) is 277 Å². The van der Waals surface area contributed by atoms with Crippen LogP contribution in [-0.2, 0) is 32.7 Å². The van der Waals surface area contributed by atoms with E-state index in [2.05, 4.69) is 13.8 Å². The van der Waals surface area contributed by atoms with Crippen molar-refractivity contribution in [1.29, 1.82) is 0 Å². The number of rotatable bonds is 51. The minimum absolute atomic E-state index is 0.0256. The van der Waals surface area contributed by atoms with Gasteiger partial charge in [-0.1, -0.05) is 251 Å². The van der Waals surface area contributed by atoms with Crippen LogP contribution in [0.3, 0.4) is 0 Å². The minimum atomic E-state index is -4.62. The molecule has 0 aliphatic heterocycles. The largest absolute Gasteiger partial charge is 0.756 e. The Labute approximate surface area is 391 Å². The van der Waals surface area contributed by atoms with Crippen LogP contribution in [0.15, 0.2) is 0 Å². The van der Waals surface area contributed by atoms with Crippen molar-refractivity contribution < 1.29 is 42.1 Å². The molecule has 0 aliphatic rings. The summed E-state index contributed by atoms with van der Waals surface area (Å²) >= 11 is 0. The van der Waals surface area contributed by atoms with E-state index in [1.54, 1.807) is 0 Å². The fraction of sp³-hybridized carbons (Fsp3) is 0.962. The second-order valence-corrected chi connectivity index (χ2v) is 21.4. The quantitative estimate of drug-likeness (QED) is 0.0257. The molecule has 2 atom stereocenters. The van der Waals surface area contributed by atoms with Gasteiger partial charge in [0.1, 0.15) is 19.8 Å². The van der Waals surface area contributed by atoms with Crippen LogP contribution in [0.5, 0.6) is 0 Å². The fourth-order valence-electron chi connectivity index (χ4n) is 8.13. The third kappa shape index (κ3) is 50.3. The number of carbonyl (C=O) groups excluding carboxylic acids is 2. The Hall–Kier alpha value is -0.990. The average molecular weight is 916 g/mol. The summed E-state index contributed by atoms with van der Waals surface area (Å²) in [5.41, 5.74) is 0. The van der Waals surface area contributed by atoms with Gasteiger partial charge in [0.25, 0.3) is 7.82 Å². The normalized spacial score (nSPS) is 13.3. The molecule has 0 radical (unpaired) electrons. The van der Waals surface area contributed by atoms with Gasteiger partial charge in [0.15, 0.2) is 6.10 Å². The molecule has 0 fully saturated rings. The second kappa shape index (κ2) is 46.1. The molecule has 0 aliphatic carbocycles. The van der Waals surface area contributed by atoms with Crippen molar-refractivity contribution in [2.45, 2.75) is 283 Å². The molecule has 0 N–H and O–H groups in total. The Morgan fingerprint density at radius 3 is 1.02 bits per heavy atom. The molecule has 10 heteroatoms. The van der Waals surface area contributed by atoms with E-state index < -0.39 is 26.5 Å². The molecule has 9 nitrogen and oxygen atoms in total. The molecule has 0 saturated carbocycles. The zero-order chi connectivity index (χ0) is 46.4. The van der Waals surface area contributed by atoms with Gasteiger partial charge in [-0.05, 0) is 12.8 Å². The van der Waals surface area contributed by atoms with Crippen LogP contribution in [0, 0.1) is 0 Å². The first-order valence-corrected chi connectivity index (χ1v) is 28.7. The molecule has 0 aromatic carbocycles. The number of nitrogens with zero attached hydrogens (tertiary/aromatic N) is 1. The van der Waals surface area contributed by atoms with Gasteiger partial charge in [-0.15, -0.1) is 0 Å². The van der Waals surface area contributed by atoms with Crippen LogP contribution in [0.4, 0.5) is 0 Å². The number of hydrogen-bond donors (Lipinski definition) is 0. The summed E-state index contributed by atoms with van der Waals surface area (Å²) in [5, 5.41) is 0. The maximum absolute atomic E-state index is 12.7. The maximum Gasteiger partial charge on any atom is 0.306 e. The lowest BCUT2D eigenvalue weighted by Crippen LogP contribution is -2.37. The third-order valence-electron chi connectivity index (χ3n) is 12.4. The highest BCUT2D eigenvalue weighted by Gasteiger charge is 2.22. The van der Waals surface area contributed by atoms with E-state index in [-0.39, 0.29) is 32.0 Å². The van der Waals surface area contributed by atoms with Gasteiger partial charge in [0.05, 0.1) is 27.7 Å². The van der Waals surface area contributed by atoms with Crippen LogP contribution in [0.25, 0.3) is 0 Å². The van der Waals surface area contributed by atoms with E-state index in [1.807, 2.05) is 21.1 Å². The van der Waals surface area contributed by atoms with Gasteiger partial charge in [0, 0.05) is 12.8 Å². The summed E-state index contributed by atoms with van der Waals surface area (Å²) in [7, 11) is 1.19. The van der Waals surface area contributed by atoms with Crippen LogP contribution < -0.4 is 4.89 Å². The number of ether oxygens (including phenoxy) is 2. The summed E-state index contributed by atoms with van der Waals surface area (Å²) in [6.45, 7) is 4.27. The Bertz CT molecular complexity index is 1040. The van der Waals surface area contributed by atoms with Crippen molar-refractivity contribution in [1.82, 2.24) is 0 Å². The smallest absolute Gasteiger partial charge is 0.306 e. The van der Waals surface area contributed by atoms with Gasteiger partial charge in [0.2, 0.25) is 0 Å². The molecule has 63 heavy (non-hydrogen) atoms. The fourth-order valence-corrected chi connectivity index (χ4v) is 8.86. The van der Waals surface area contributed by atoms with Gasteiger partial charge >= 0.3 is 11.9 Å². The zero-order valence-corrected chi connectivity index (χ0v) is 43.5. The molecule has 376 valence electrons. The van der Waals surface area contributed by atoms with E-state index in [0.717, 1.165) is 32.1 Å². The van der Waals surface area contributed by atoms with Crippen molar-refractivity contribution in [3.05, 3.63) is 0 Å². The molecule has 0 bridgehead atoms. The average Bonchev–Trinajstić information content (AvgIpc) is 3.24. The monoisotopic (exact) mass is 916 g/mol. The number of likely N-dealkylation sites (N-methyl/N-ethyl adjacent to an activating group) is 1. The maximum atomic E-state index is 12.7. The predicted octanol–water partition coefficient (Wildman–Crippen LogP) is 15.7. The number of quaternary nitrogens is 1. The Balaban J connectivity index is 3.97. The number of hydrogen-bond acceptors (Lipinski definition) is 8. The highest BCUT2D eigenvalue weighted by molar-refractivity contribution is 7.45. The molecular formula is C53H106NO8P. The topological polar surface area (TPSA) is 111 Å². The highest BCUT2D eigenvalue weighted by Crippen LogP contribution is 2.38. The van der Waals surface area contributed by atoms with E-state index in [9.17, 15) is 19.0 Å². The van der Waals surface area contributed by atoms with E-state index >= 15 is 0 Å². The molecule has 0 amide bonds. The number of esters is 2. The molecule has 0 aromatic rings. The first-order chi connectivity index (χ1) is 30.5. The summed E-state index contributed by atoms with van der Waals surface area (Å²) in [5.74, 6) is -0.818. The summed E-state index contributed by atoms with van der Waals surface area (Å²) < 4.78 is 34.0. The van der Waals surface area contributed by atoms with Crippen LogP contribution in [-0.4, -0.2) is 70.0 Å². The number of unbranched alkanes of at least 4 members (excludes halogenated alkanes) is 37. The Morgan fingerprint density at radius 2 is 0.714 bits per heavy atom. The lowest BCUT2D eigenvalue weighted by atomic mass is 10.0. The van der Waals surface area contributed by atoms with Crippen molar-refractivity contribution >= 4 is 19.8 Å². The van der Waals surface area contributed by atoms with Crippen molar-refractivity contribution in [2.24, 2.45) is 0 Å². The van der Waals surface area contributed by atoms with Gasteiger partial charge in [-0.2, -0.15) is 0 Å². The van der Waals surface area contributed by atoms with Gasteiger partial charge in [-0.25, -0.2) is 0 Å². The standard InChI is InChI=1S/C53H106NO8P/c1-6-8-10-12-14-16-18-19-20-21-22-23-24-25-26-27-28-29-30-31-32-33-34-35-36-38-40-42-44-46-53(56)62-51(50-61-63(57,58)60-48-47-54(3,4)5)49-59-52(55)45-43-41-39-37-17-15-13-11-9-7-2/h51H,6-50H2,1-5H3. The van der Waals surface area contributed by atoms with Crippen LogP contribution in [0.2, 0.25) is 0 Å². The van der Waals surface area contributed by atoms with E-state index in [0.29, 0.717) is 17.4 Å². The molecule has 0 spiro atoms. The third-order valence-corrected chi connectivity index (χ3v) is 13.3. The molecule has 0 aromatic heterocycles. The number of carbonyl (C=O) groups is 2. The second-order valence-electron chi connectivity index (χ2n) is 20.0. The Kier molecular flexibility index (Phi) is 45.4. The molecule has 0 saturated heterocycles. The summed E-state index contributed by atoms with van der Waals surface area (Å²) in [6, 6.07) is 0. The number of phosphoric acid groups is 1. The zero-order valence-electron chi connectivity index (χ0n) is 42.6. The predicted molar refractivity (Wildman–Crippen MR) is 264 cm³/mol. The summed E-state index contributed by atoms with van der Waals surface area (Å²) in [4.78, 5) is 37.6. The van der Waals surface area contributed by atoms with Gasteiger partial charge in [-0.3, -0.25) is 14.2 Å². The lowest BCUT2D eigenvalue weighted by Gasteiger charge is -2.28.